The summed E-state index contributed by atoms with van der Waals surface area (Å²) in [4.78, 5) is 9.71. The molecule has 35 heavy (non-hydrogen) atoms. The molecule has 5 aromatic rings. The monoisotopic (exact) mass is 478 g/mol. The molecule has 0 spiro atoms. The number of benzene rings is 2. The van der Waals surface area contributed by atoms with Crippen molar-refractivity contribution in [3.63, 3.8) is 0 Å². The van der Waals surface area contributed by atoms with Gasteiger partial charge in [-0.25, -0.2) is 9.97 Å². The fourth-order valence-electron chi connectivity index (χ4n) is 3.99. The fraction of sp³-hybridized carbons (Fsp3) is 0.0769. The fourth-order valence-corrected chi connectivity index (χ4v) is 4.90. The molecule has 8 nitrogen and oxygen atoms in total. The number of aliphatic hydroxyl groups excluding tert-OH is 2. The number of nitrogens with zero attached hydrogens (tertiary/aromatic N) is 6. The first-order valence-electron chi connectivity index (χ1n) is 10.6. The van der Waals surface area contributed by atoms with Crippen molar-refractivity contribution in [3.05, 3.63) is 82.1 Å². The number of hydrogen-bond acceptors (Lipinski definition) is 7. The molecule has 0 saturated carbocycles. The number of nitriles is 2. The zero-order valence-corrected chi connectivity index (χ0v) is 19.6. The number of hydrogen-bond donors (Lipinski definition) is 2. The third-order valence-electron chi connectivity index (χ3n) is 5.79. The Hall–Kier alpha value is -4.86. The van der Waals surface area contributed by atoms with E-state index < -0.39 is 0 Å². The Morgan fingerprint density at radius 3 is 1.49 bits per heavy atom. The molecular formula is C26H18N6O2S. The lowest BCUT2D eigenvalue weighted by atomic mass is 10.2. The third kappa shape index (κ3) is 3.52. The maximum Gasteiger partial charge on any atom is 0.155 e. The van der Waals surface area contributed by atoms with Gasteiger partial charge < -0.3 is 19.3 Å². The van der Waals surface area contributed by atoms with Crippen LogP contribution in [0.15, 0.2) is 60.7 Å². The Bertz CT molecular complexity index is 1640. The Kier molecular flexibility index (Phi) is 5.33. The van der Waals surface area contributed by atoms with Crippen LogP contribution in [0.5, 0.6) is 0 Å². The molecule has 0 radical (unpaired) electrons. The van der Waals surface area contributed by atoms with Crippen LogP contribution in [0.25, 0.3) is 44.7 Å². The average Bonchev–Trinajstić information content (AvgIpc) is 3.58. The van der Waals surface area contributed by atoms with Gasteiger partial charge in [0.1, 0.15) is 23.3 Å². The highest BCUT2D eigenvalue weighted by Crippen LogP contribution is 2.34. The van der Waals surface area contributed by atoms with Gasteiger partial charge in [0, 0.05) is 14.1 Å². The van der Waals surface area contributed by atoms with Crippen LogP contribution in [0.4, 0.5) is 0 Å². The van der Waals surface area contributed by atoms with Crippen molar-refractivity contribution in [1.29, 1.82) is 10.5 Å². The van der Waals surface area contributed by atoms with Crippen molar-refractivity contribution in [3.8, 4) is 12.1 Å². The molecule has 170 valence electrons. The summed E-state index contributed by atoms with van der Waals surface area (Å²) in [6, 6.07) is 22.2. The van der Waals surface area contributed by atoms with Crippen molar-refractivity contribution < 1.29 is 10.2 Å². The molecule has 2 N–H and O–H groups in total. The zero-order valence-electron chi connectivity index (χ0n) is 18.8. The highest BCUT2D eigenvalue weighted by molar-refractivity contribution is 7.14. The molecule has 9 heteroatoms. The largest absolute Gasteiger partial charge is 0.505 e. The maximum absolute atomic E-state index is 11.0. The molecule has 3 aromatic heterocycles. The van der Waals surface area contributed by atoms with Gasteiger partial charge in [-0.15, -0.1) is 11.3 Å². The molecular weight excluding hydrogens is 460 g/mol. The predicted molar refractivity (Wildman–Crippen MR) is 136 cm³/mol. The zero-order chi connectivity index (χ0) is 24.7. The summed E-state index contributed by atoms with van der Waals surface area (Å²) in [5, 5.41) is 41.6. The molecule has 0 fully saturated rings. The molecule has 0 aliphatic rings. The second kappa shape index (κ2) is 8.49. The number of aromatic nitrogens is 4. The molecule has 0 unspecified atom stereocenters. The van der Waals surface area contributed by atoms with Gasteiger partial charge in [-0.2, -0.15) is 10.5 Å². The lowest BCUT2D eigenvalue weighted by molar-refractivity contribution is 0.515. The first kappa shape index (κ1) is 22.0. The number of thiophene rings is 1. The van der Waals surface area contributed by atoms with E-state index in [-0.39, 0.29) is 22.7 Å². The topological polar surface area (TPSA) is 124 Å². The number of para-hydroxylation sites is 4. The summed E-state index contributed by atoms with van der Waals surface area (Å²) in [5.41, 5.74) is 3.10. The number of allylic oxidation sites excluding steroid dienone is 2. The third-order valence-corrected chi connectivity index (χ3v) is 6.89. The minimum atomic E-state index is -0.254. The standard InChI is InChI=1S/C26H18N6O2S/c1-31-19-9-5-3-7-17(19)29-25(31)15(13-27)23(33)21-11-12-22(35-21)24(34)16(14-28)26-30-18-8-4-6-10-20(18)32(26)2/h3-12,33-34H,1-2H3/b23-15-,24-16+. The van der Waals surface area contributed by atoms with Crippen LogP contribution in [0.2, 0.25) is 0 Å². The average molecular weight is 479 g/mol. The maximum atomic E-state index is 11.0. The van der Waals surface area contributed by atoms with E-state index >= 15 is 0 Å². The molecule has 0 aliphatic heterocycles. The van der Waals surface area contributed by atoms with Gasteiger partial charge in [-0.3, -0.25) is 0 Å². The second-order valence-corrected chi connectivity index (χ2v) is 8.88. The Balaban J connectivity index is 1.59. The summed E-state index contributed by atoms with van der Waals surface area (Å²) >= 11 is 1.06. The number of aryl methyl sites for hydroxylation is 2. The van der Waals surface area contributed by atoms with Crippen LogP contribution in [0.1, 0.15) is 21.4 Å². The normalized spacial score (nSPS) is 12.8. The number of rotatable bonds is 4. The van der Waals surface area contributed by atoms with E-state index in [1.54, 1.807) is 35.4 Å². The van der Waals surface area contributed by atoms with Crippen molar-refractivity contribution in [2.24, 2.45) is 14.1 Å². The minimum absolute atomic E-state index is 0.0106. The summed E-state index contributed by atoms with van der Waals surface area (Å²) < 4.78 is 3.49. The molecule has 2 aromatic carbocycles. The Morgan fingerprint density at radius 1 is 0.714 bits per heavy atom. The lowest BCUT2D eigenvalue weighted by Crippen LogP contribution is -1.99. The highest BCUT2D eigenvalue weighted by atomic mass is 32.1. The highest BCUT2D eigenvalue weighted by Gasteiger charge is 2.22. The van der Waals surface area contributed by atoms with Crippen molar-refractivity contribution in [1.82, 2.24) is 19.1 Å². The van der Waals surface area contributed by atoms with Crippen LogP contribution in [-0.4, -0.2) is 29.3 Å². The van der Waals surface area contributed by atoms with Crippen LogP contribution < -0.4 is 0 Å². The Labute approximate surface area is 204 Å². The predicted octanol–water partition coefficient (Wildman–Crippen LogP) is 5.42. The molecule has 0 atom stereocenters. The van der Waals surface area contributed by atoms with Gasteiger partial charge in [0.15, 0.2) is 23.2 Å². The van der Waals surface area contributed by atoms with Gasteiger partial charge in [0.25, 0.3) is 0 Å². The quantitative estimate of drug-likeness (QED) is 0.262. The van der Waals surface area contributed by atoms with E-state index in [1.165, 1.54) is 0 Å². The van der Waals surface area contributed by atoms with E-state index in [4.69, 9.17) is 0 Å². The Morgan fingerprint density at radius 2 is 1.11 bits per heavy atom. The number of aliphatic hydroxyl groups is 2. The second-order valence-electron chi connectivity index (χ2n) is 7.80. The molecule has 3 heterocycles. The number of imidazole rings is 2. The smallest absolute Gasteiger partial charge is 0.155 e. The van der Waals surface area contributed by atoms with Gasteiger partial charge in [-0.1, -0.05) is 24.3 Å². The van der Waals surface area contributed by atoms with E-state index in [2.05, 4.69) is 22.1 Å². The number of fused-ring (bicyclic) bond motifs is 2. The van der Waals surface area contributed by atoms with E-state index in [0.29, 0.717) is 32.4 Å². The van der Waals surface area contributed by atoms with Crippen LogP contribution >= 0.6 is 11.3 Å². The van der Waals surface area contributed by atoms with Gasteiger partial charge in [0.2, 0.25) is 0 Å². The molecule has 0 bridgehead atoms. The van der Waals surface area contributed by atoms with Crippen molar-refractivity contribution in [2.45, 2.75) is 0 Å². The van der Waals surface area contributed by atoms with Gasteiger partial charge in [0.05, 0.1) is 31.8 Å². The summed E-state index contributed by atoms with van der Waals surface area (Å²) in [7, 11) is 3.56. The molecule has 0 saturated heterocycles. The van der Waals surface area contributed by atoms with E-state index in [0.717, 1.165) is 22.4 Å². The lowest BCUT2D eigenvalue weighted by Gasteiger charge is -2.04. The summed E-state index contributed by atoms with van der Waals surface area (Å²) in [6.45, 7) is 0. The van der Waals surface area contributed by atoms with E-state index in [1.807, 2.05) is 48.5 Å². The molecule has 5 rings (SSSR count). The summed E-state index contributed by atoms with van der Waals surface area (Å²) in [5.74, 6) is 0.157. The SMILES string of the molecule is Cn1c(/C(C#N)=C(\O)c2ccc(/C(O)=C(/C#N)c3nc4ccccc4n3C)s2)nc2ccccc21. The molecule has 0 amide bonds. The molecule has 0 aliphatic carbocycles. The first-order chi connectivity index (χ1) is 16.9. The van der Waals surface area contributed by atoms with Gasteiger partial charge >= 0.3 is 0 Å². The van der Waals surface area contributed by atoms with Gasteiger partial charge in [-0.05, 0) is 36.4 Å². The van der Waals surface area contributed by atoms with E-state index in [9.17, 15) is 20.7 Å². The van der Waals surface area contributed by atoms with Crippen LogP contribution in [-0.2, 0) is 14.1 Å². The van der Waals surface area contributed by atoms with Crippen LogP contribution in [0.3, 0.4) is 0 Å². The van der Waals surface area contributed by atoms with Crippen LogP contribution in [0, 0.1) is 22.7 Å². The van der Waals surface area contributed by atoms with Crippen molar-refractivity contribution in [2.75, 3.05) is 0 Å². The minimum Gasteiger partial charge on any atom is -0.505 e. The summed E-state index contributed by atoms with van der Waals surface area (Å²) in [6.07, 6.45) is 0. The first-order valence-corrected chi connectivity index (χ1v) is 11.4. The van der Waals surface area contributed by atoms with Crippen molar-refractivity contribution >= 4 is 56.1 Å².